The molecular formula is C42H62O3. The topological polar surface area (TPSA) is 35.5 Å². The molecule has 3 heteroatoms. The molecule has 3 unspecified atom stereocenters. The second-order valence-corrected chi connectivity index (χ2v) is 14.9. The minimum atomic E-state index is -0.405. The molecule has 0 aliphatic heterocycles. The Hall–Kier alpha value is -2.91. The zero-order chi connectivity index (χ0) is 33.6. The summed E-state index contributed by atoms with van der Waals surface area (Å²) in [6.07, 6.45) is 4.64. The smallest absolute Gasteiger partial charge is 0.191 e. The number of hydrogen-bond acceptors (Lipinski definition) is 3. The molecule has 248 valence electrons. The van der Waals surface area contributed by atoms with E-state index in [-0.39, 0.29) is 16.6 Å². The van der Waals surface area contributed by atoms with E-state index in [1.165, 1.54) is 35.1 Å². The summed E-state index contributed by atoms with van der Waals surface area (Å²) in [5.41, 5.74) is 6.67. The van der Waals surface area contributed by atoms with Gasteiger partial charge in [-0.05, 0) is 94.9 Å². The fourth-order valence-corrected chi connectivity index (χ4v) is 5.07. The summed E-state index contributed by atoms with van der Waals surface area (Å²) < 4.78 is 11.6. The first-order valence-corrected chi connectivity index (χ1v) is 17.2. The summed E-state index contributed by atoms with van der Waals surface area (Å²) in [7, 11) is 0. The van der Waals surface area contributed by atoms with Gasteiger partial charge >= 0.3 is 0 Å². The minimum absolute atomic E-state index is 0.0428. The van der Waals surface area contributed by atoms with E-state index in [2.05, 4.69) is 118 Å². The molecule has 0 N–H and O–H groups in total. The molecule has 3 aromatic rings. The Kier molecular flexibility index (Phi) is 15.6. The highest BCUT2D eigenvalue weighted by Crippen LogP contribution is 2.24. The van der Waals surface area contributed by atoms with Crippen LogP contribution >= 0.6 is 0 Å². The first-order chi connectivity index (χ1) is 21.2. The highest BCUT2D eigenvalue weighted by Gasteiger charge is 2.20. The normalized spacial score (nSPS) is 13.8. The average molecular weight is 615 g/mol. The number of hydrogen-bond donors (Lipinski definition) is 0. The molecule has 3 atom stereocenters. The van der Waals surface area contributed by atoms with Crippen molar-refractivity contribution in [3.63, 3.8) is 0 Å². The maximum absolute atomic E-state index is 12.8. The number of carbonyl (C=O) groups is 1. The Morgan fingerprint density at radius 2 is 1.11 bits per heavy atom. The molecule has 0 aromatic heterocycles. The molecule has 0 aliphatic carbocycles. The maximum atomic E-state index is 12.8. The maximum Gasteiger partial charge on any atom is 0.191 e. The SMILES string of the molecule is CCC(C)Cc1ccc(C(C)(C)C)cc1.CCCOc1ccc(C(=O)C(CC)OCC(C)Cc2ccc(C(C)(C)C)cc2)cc1. The molecule has 3 rings (SSSR count). The van der Waals surface area contributed by atoms with Crippen molar-refractivity contribution in [3.05, 3.63) is 101 Å². The van der Waals surface area contributed by atoms with Gasteiger partial charge in [-0.1, -0.05) is 131 Å². The molecule has 0 bridgehead atoms. The number of ketones is 1. The Morgan fingerprint density at radius 1 is 0.644 bits per heavy atom. The molecule has 0 aliphatic rings. The van der Waals surface area contributed by atoms with E-state index in [1.807, 2.05) is 31.2 Å². The fraction of sp³-hybridized carbons (Fsp3) is 0.548. The molecular weight excluding hydrogens is 552 g/mol. The van der Waals surface area contributed by atoms with E-state index < -0.39 is 6.10 Å². The molecule has 0 saturated heterocycles. The Balaban J connectivity index is 0.000000394. The lowest BCUT2D eigenvalue weighted by molar-refractivity contribution is 0.0280. The van der Waals surface area contributed by atoms with E-state index in [9.17, 15) is 4.79 Å². The van der Waals surface area contributed by atoms with Crippen LogP contribution in [-0.4, -0.2) is 25.1 Å². The van der Waals surface area contributed by atoms with Crippen LogP contribution in [0.3, 0.4) is 0 Å². The number of rotatable bonds is 14. The second kappa shape index (κ2) is 18.3. The van der Waals surface area contributed by atoms with Gasteiger partial charge in [0, 0.05) is 5.56 Å². The molecule has 0 fully saturated rings. The number of carbonyl (C=O) groups excluding carboxylic acids is 1. The second-order valence-electron chi connectivity index (χ2n) is 14.9. The quantitative estimate of drug-likeness (QED) is 0.169. The summed E-state index contributed by atoms with van der Waals surface area (Å²) in [6.45, 7) is 25.5. The molecule has 0 spiro atoms. The van der Waals surface area contributed by atoms with E-state index in [0.717, 1.165) is 24.5 Å². The lowest BCUT2D eigenvalue weighted by Gasteiger charge is -2.20. The fourth-order valence-electron chi connectivity index (χ4n) is 5.07. The van der Waals surface area contributed by atoms with Crippen molar-refractivity contribution in [2.24, 2.45) is 11.8 Å². The minimum Gasteiger partial charge on any atom is -0.494 e. The van der Waals surface area contributed by atoms with Gasteiger partial charge in [-0.25, -0.2) is 0 Å². The van der Waals surface area contributed by atoms with Gasteiger partial charge in [0.15, 0.2) is 5.78 Å². The zero-order valence-electron chi connectivity index (χ0n) is 30.3. The Labute approximate surface area is 276 Å². The van der Waals surface area contributed by atoms with Crippen LogP contribution in [0.1, 0.15) is 128 Å². The molecule has 0 amide bonds. The summed E-state index contributed by atoms with van der Waals surface area (Å²) in [6, 6.07) is 25.4. The molecule has 0 heterocycles. The number of benzene rings is 3. The zero-order valence-corrected chi connectivity index (χ0v) is 30.3. The van der Waals surface area contributed by atoms with E-state index >= 15 is 0 Å². The summed E-state index contributed by atoms with van der Waals surface area (Å²) in [5, 5.41) is 0. The lowest BCUT2D eigenvalue weighted by Crippen LogP contribution is -2.26. The highest BCUT2D eigenvalue weighted by atomic mass is 16.5. The van der Waals surface area contributed by atoms with Gasteiger partial charge in [0.05, 0.1) is 13.2 Å². The van der Waals surface area contributed by atoms with Crippen molar-refractivity contribution in [2.45, 2.75) is 125 Å². The number of Topliss-reactive ketones (excluding diaryl/α,β-unsaturated/α-hetero) is 1. The van der Waals surface area contributed by atoms with Gasteiger partial charge in [0.2, 0.25) is 0 Å². The van der Waals surface area contributed by atoms with Crippen LogP contribution < -0.4 is 4.74 Å². The molecule has 3 aromatic carbocycles. The predicted octanol–water partition coefficient (Wildman–Crippen LogP) is 11.2. The number of ether oxygens (including phenoxy) is 2. The summed E-state index contributed by atoms with van der Waals surface area (Å²) in [5.74, 6) is 1.98. The largest absolute Gasteiger partial charge is 0.494 e. The standard InChI is InChI=1S/C27H38O3.C15H24/c1-7-17-29-24-15-11-22(12-16-24)26(28)25(8-2)30-19-20(3)18-21-9-13-23(14-10-21)27(4,5)6;1-6-12(2)11-13-7-9-14(10-8-13)15(3,4)5/h9-16,20,25H,7-8,17-19H2,1-6H3;7-10,12H,6,11H2,1-5H3. The van der Waals surface area contributed by atoms with Crippen LogP contribution in [0.25, 0.3) is 0 Å². The third-order valence-corrected chi connectivity index (χ3v) is 8.36. The van der Waals surface area contributed by atoms with Crippen LogP contribution in [-0.2, 0) is 28.4 Å². The van der Waals surface area contributed by atoms with Gasteiger partial charge in [-0.2, -0.15) is 0 Å². The first kappa shape index (κ1) is 38.3. The van der Waals surface area contributed by atoms with Crippen molar-refractivity contribution < 1.29 is 14.3 Å². The third kappa shape index (κ3) is 13.5. The summed E-state index contributed by atoms with van der Waals surface area (Å²) in [4.78, 5) is 12.8. The van der Waals surface area contributed by atoms with Crippen molar-refractivity contribution >= 4 is 5.78 Å². The van der Waals surface area contributed by atoms with Crippen molar-refractivity contribution in [3.8, 4) is 5.75 Å². The first-order valence-electron chi connectivity index (χ1n) is 17.2. The molecule has 0 radical (unpaired) electrons. The predicted molar refractivity (Wildman–Crippen MR) is 193 cm³/mol. The van der Waals surface area contributed by atoms with Crippen LogP contribution in [0.5, 0.6) is 5.75 Å². The Bertz CT molecular complexity index is 1240. The molecule has 3 nitrogen and oxygen atoms in total. The van der Waals surface area contributed by atoms with Crippen LogP contribution in [0.15, 0.2) is 72.8 Å². The van der Waals surface area contributed by atoms with Gasteiger partial charge in [0.1, 0.15) is 11.9 Å². The van der Waals surface area contributed by atoms with E-state index in [0.29, 0.717) is 31.1 Å². The van der Waals surface area contributed by atoms with Crippen molar-refractivity contribution in [1.29, 1.82) is 0 Å². The lowest BCUT2D eigenvalue weighted by atomic mass is 9.86. The summed E-state index contributed by atoms with van der Waals surface area (Å²) >= 11 is 0. The monoisotopic (exact) mass is 614 g/mol. The van der Waals surface area contributed by atoms with Crippen molar-refractivity contribution in [2.75, 3.05) is 13.2 Å². The van der Waals surface area contributed by atoms with E-state index in [4.69, 9.17) is 9.47 Å². The van der Waals surface area contributed by atoms with Gasteiger partial charge in [-0.3, -0.25) is 4.79 Å². The van der Waals surface area contributed by atoms with Crippen LogP contribution in [0.2, 0.25) is 0 Å². The molecule has 0 saturated carbocycles. The van der Waals surface area contributed by atoms with E-state index in [1.54, 1.807) is 0 Å². The average Bonchev–Trinajstić information content (AvgIpc) is 3.00. The molecule has 45 heavy (non-hydrogen) atoms. The van der Waals surface area contributed by atoms with Crippen molar-refractivity contribution in [1.82, 2.24) is 0 Å². The van der Waals surface area contributed by atoms with Crippen LogP contribution in [0, 0.1) is 11.8 Å². The highest BCUT2D eigenvalue weighted by molar-refractivity contribution is 5.99. The van der Waals surface area contributed by atoms with Gasteiger partial charge < -0.3 is 9.47 Å². The van der Waals surface area contributed by atoms with Gasteiger partial charge in [0.25, 0.3) is 0 Å². The Morgan fingerprint density at radius 3 is 1.51 bits per heavy atom. The van der Waals surface area contributed by atoms with Gasteiger partial charge in [-0.15, -0.1) is 0 Å². The van der Waals surface area contributed by atoms with Crippen LogP contribution in [0.4, 0.5) is 0 Å². The third-order valence-electron chi connectivity index (χ3n) is 8.36.